The summed E-state index contributed by atoms with van der Waals surface area (Å²) in [6.45, 7) is 0.372. The number of amides is 2. The fraction of sp³-hybridized carbons (Fsp3) is 0.304. The summed E-state index contributed by atoms with van der Waals surface area (Å²) in [5.41, 5.74) is 1.75. The molecule has 7 heteroatoms. The highest BCUT2D eigenvalue weighted by Gasteiger charge is 2.39. The molecule has 3 atom stereocenters. The van der Waals surface area contributed by atoms with Crippen LogP contribution in [0.5, 0.6) is 0 Å². The zero-order chi connectivity index (χ0) is 21.1. The summed E-state index contributed by atoms with van der Waals surface area (Å²) in [4.78, 5) is 25.9. The Kier molecular flexibility index (Phi) is 6.44. The normalized spacial score (nSPS) is 24.8. The molecule has 1 aliphatic carbocycles. The molecule has 1 heterocycles. The molecule has 2 amide bonds. The van der Waals surface area contributed by atoms with Gasteiger partial charge in [0.1, 0.15) is 5.82 Å². The Labute approximate surface area is 184 Å². The van der Waals surface area contributed by atoms with Gasteiger partial charge in [0.05, 0.1) is 4.91 Å². The Morgan fingerprint density at radius 2 is 2.03 bits per heavy atom. The van der Waals surface area contributed by atoms with E-state index in [1.54, 1.807) is 30.0 Å². The second kappa shape index (κ2) is 9.23. The molecule has 1 saturated carbocycles. The number of benzene rings is 2. The smallest absolute Gasteiger partial charge is 0.257 e. The highest BCUT2D eigenvalue weighted by molar-refractivity contribution is 8.04. The van der Waals surface area contributed by atoms with Crippen LogP contribution in [-0.4, -0.2) is 23.1 Å². The van der Waals surface area contributed by atoms with Crippen molar-refractivity contribution in [3.8, 4) is 0 Å². The van der Waals surface area contributed by atoms with Crippen molar-refractivity contribution in [3.63, 3.8) is 0 Å². The number of hydrogen-bond donors (Lipinski definition) is 2. The Balaban J connectivity index is 1.34. The van der Waals surface area contributed by atoms with Crippen LogP contribution in [0.25, 0.3) is 6.08 Å². The highest BCUT2D eigenvalue weighted by atomic mass is 35.5. The fourth-order valence-electron chi connectivity index (χ4n) is 3.91. The number of fused-ring (bicyclic) bond motifs is 1. The minimum absolute atomic E-state index is 0.0164. The maximum Gasteiger partial charge on any atom is 0.257 e. The Morgan fingerprint density at radius 1 is 1.23 bits per heavy atom. The fourth-order valence-corrected chi connectivity index (χ4v) is 5.41. The van der Waals surface area contributed by atoms with E-state index in [2.05, 4.69) is 10.6 Å². The number of carbonyl (C=O) groups is 2. The zero-order valence-electron chi connectivity index (χ0n) is 16.2. The standard InChI is InChI=1S/C23H22ClFN2O2S/c24-17-3-1-2-15(10-17)11-21-23(29)27-19-12-16(6-9-20(19)30-21)22(28)26-13-14-4-7-18(25)8-5-14/h1-5,7-8,10-11,16,19-20H,6,9,12-13H2,(H,26,28)(H,27,29)/b21-11+. The molecule has 30 heavy (non-hydrogen) atoms. The van der Waals surface area contributed by atoms with Gasteiger partial charge in [0, 0.05) is 28.8 Å². The first-order valence-electron chi connectivity index (χ1n) is 9.95. The van der Waals surface area contributed by atoms with E-state index in [-0.39, 0.29) is 34.8 Å². The van der Waals surface area contributed by atoms with Gasteiger partial charge in [-0.25, -0.2) is 4.39 Å². The Bertz CT molecular complexity index is 979. The topological polar surface area (TPSA) is 58.2 Å². The largest absolute Gasteiger partial charge is 0.352 e. The van der Waals surface area contributed by atoms with Crippen LogP contribution in [0, 0.1) is 11.7 Å². The molecule has 156 valence electrons. The van der Waals surface area contributed by atoms with E-state index >= 15 is 0 Å². The van der Waals surface area contributed by atoms with Crippen LogP contribution in [0.4, 0.5) is 4.39 Å². The number of thioether (sulfide) groups is 1. The van der Waals surface area contributed by atoms with Crippen LogP contribution < -0.4 is 10.6 Å². The summed E-state index contributed by atoms with van der Waals surface area (Å²) >= 11 is 7.62. The molecular formula is C23H22ClFN2O2S. The van der Waals surface area contributed by atoms with Crippen molar-refractivity contribution in [2.45, 2.75) is 37.1 Å². The highest BCUT2D eigenvalue weighted by Crippen LogP contribution is 2.40. The molecule has 0 spiro atoms. The van der Waals surface area contributed by atoms with Gasteiger partial charge in [0.15, 0.2) is 0 Å². The van der Waals surface area contributed by atoms with Gasteiger partial charge in [-0.1, -0.05) is 35.9 Å². The maximum absolute atomic E-state index is 13.0. The lowest BCUT2D eigenvalue weighted by atomic mass is 9.84. The van der Waals surface area contributed by atoms with Crippen molar-refractivity contribution in [1.29, 1.82) is 0 Å². The number of halogens is 2. The minimum Gasteiger partial charge on any atom is -0.352 e. The third kappa shape index (κ3) is 5.05. The van der Waals surface area contributed by atoms with Gasteiger partial charge in [0.2, 0.25) is 5.91 Å². The summed E-state index contributed by atoms with van der Waals surface area (Å²) in [5.74, 6) is -0.547. The zero-order valence-corrected chi connectivity index (χ0v) is 17.8. The average molecular weight is 445 g/mol. The molecule has 0 bridgehead atoms. The predicted octanol–water partition coefficient (Wildman–Crippen LogP) is 4.54. The molecule has 2 aromatic carbocycles. The van der Waals surface area contributed by atoms with E-state index in [4.69, 9.17) is 11.6 Å². The van der Waals surface area contributed by atoms with E-state index in [1.807, 2.05) is 24.3 Å². The number of nitrogens with one attached hydrogen (secondary N) is 2. The summed E-state index contributed by atoms with van der Waals surface area (Å²) < 4.78 is 13.0. The van der Waals surface area contributed by atoms with Crippen molar-refractivity contribution in [1.82, 2.24) is 10.6 Å². The molecule has 4 nitrogen and oxygen atoms in total. The molecule has 2 N–H and O–H groups in total. The molecule has 0 radical (unpaired) electrons. The van der Waals surface area contributed by atoms with Crippen LogP contribution in [0.1, 0.15) is 30.4 Å². The maximum atomic E-state index is 13.0. The number of carbonyl (C=O) groups excluding carboxylic acids is 2. The third-order valence-corrected chi connectivity index (χ3v) is 7.16. The number of rotatable bonds is 4. The molecule has 1 saturated heterocycles. The van der Waals surface area contributed by atoms with Gasteiger partial charge in [-0.15, -0.1) is 11.8 Å². The van der Waals surface area contributed by atoms with Crippen molar-refractivity contribution >= 4 is 41.3 Å². The molecule has 1 aliphatic heterocycles. The van der Waals surface area contributed by atoms with Crippen molar-refractivity contribution in [3.05, 3.63) is 75.4 Å². The van der Waals surface area contributed by atoms with Crippen molar-refractivity contribution in [2.24, 2.45) is 5.92 Å². The first-order valence-corrected chi connectivity index (χ1v) is 11.2. The van der Waals surface area contributed by atoms with E-state index in [0.717, 1.165) is 24.0 Å². The molecule has 4 rings (SSSR count). The van der Waals surface area contributed by atoms with Gasteiger partial charge in [-0.05, 0) is 60.7 Å². The van der Waals surface area contributed by atoms with Gasteiger partial charge in [0.25, 0.3) is 5.91 Å². The van der Waals surface area contributed by atoms with E-state index in [9.17, 15) is 14.0 Å². The lowest BCUT2D eigenvalue weighted by molar-refractivity contribution is -0.127. The van der Waals surface area contributed by atoms with Crippen molar-refractivity contribution < 1.29 is 14.0 Å². The Hall–Kier alpha value is -2.31. The van der Waals surface area contributed by atoms with E-state index < -0.39 is 0 Å². The third-order valence-electron chi connectivity index (χ3n) is 5.50. The van der Waals surface area contributed by atoms with Crippen LogP contribution in [-0.2, 0) is 16.1 Å². The van der Waals surface area contributed by atoms with Gasteiger partial charge < -0.3 is 10.6 Å². The minimum atomic E-state index is -0.294. The monoisotopic (exact) mass is 444 g/mol. The van der Waals surface area contributed by atoms with Crippen LogP contribution >= 0.6 is 23.4 Å². The van der Waals surface area contributed by atoms with E-state index in [0.29, 0.717) is 22.9 Å². The van der Waals surface area contributed by atoms with Gasteiger partial charge >= 0.3 is 0 Å². The predicted molar refractivity (Wildman–Crippen MR) is 118 cm³/mol. The second-order valence-electron chi connectivity index (χ2n) is 7.65. The molecule has 2 aromatic rings. The Morgan fingerprint density at radius 3 is 2.80 bits per heavy atom. The van der Waals surface area contributed by atoms with E-state index in [1.165, 1.54) is 12.1 Å². The van der Waals surface area contributed by atoms with Gasteiger partial charge in [-0.2, -0.15) is 0 Å². The first kappa shape index (κ1) is 20.9. The second-order valence-corrected chi connectivity index (χ2v) is 9.37. The lowest BCUT2D eigenvalue weighted by Gasteiger charge is -2.39. The SMILES string of the molecule is O=C1NC2CC(C(=O)NCc3ccc(F)cc3)CCC2S/C1=C/c1cccc(Cl)c1. The summed E-state index contributed by atoms with van der Waals surface area (Å²) in [7, 11) is 0. The van der Waals surface area contributed by atoms with Gasteiger partial charge in [-0.3, -0.25) is 9.59 Å². The van der Waals surface area contributed by atoms with Crippen molar-refractivity contribution in [2.75, 3.05) is 0 Å². The average Bonchev–Trinajstić information content (AvgIpc) is 2.73. The van der Waals surface area contributed by atoms with Crippen LogP contribution in [0.3, 0.4) is 0 Å². The molecule has 2 aliphatic rings. The summed E-state index contributed by atoms with van der Waals surface area (Å²) in [6, 6.07) is 13.5. The quantitative estimate of drug-likeness (QED) is 0.681. The first-order chi connectivity index (χ1) is 14.5. The summed E-state index contributed by atoms with van der Waals surface area (Å²) in [5, 5.41) is 6.92. The van der Waals surface area contributed by atoms with Crippen LogP contribution in [0.2, 0.25) is 5.02 Å². The molecule has 2 fully saturated rings. The lowest BCUT2D eigenvalue weighted by Crippen LogP contribution is -2.51. The molecule has 3 unspecified atom stereocenters. The molecular weight excluding hydrogens is 423 g/mol. The molecule has 0 aromatic heterocycles. The number of hydrogen-bond acceptors (Lipinski definition) is 3. The van der Waals surface area contributed by atoms with Crippen LogP contribution in [0.15, 0.2) is 53.4 Å². The summed E-state index contributed by atoms with van der Waals surface area (Å²) in [6.07, 6.45) is 4.13.